The molecule has 0 saturated heterocycles. The van der Waals surface area contributed by atoms with E-state index in [0.29, 0.717) is 11.1 Å². The topological polar surface area (TPSA) is 81.3 Å². The Morgan fingerprint density at radius 1 is 1.17 bits per heavy atom. The third-order valence-corrected chi connectivity index (χ3v) is 5.02. The Kier molecular flexibility index (Phi) is 3.83. The second-order valence-corrected chi connectivity index (χ2v) is 7.14. The van der Waals surface area contributed by atoms with E-state index in [0.717, 1.165) is 11.1 Å². The van der Waals surface area contributed by atoms with E-state index in [1.54, 1.807) is 43.4 Å². The lowest BCUT2D eigenvalue weighted by Crippen LogP contribution is -2.23. The molecule has 0 amide bonds. The molecule has 3 rings (SSSR count). The Hall–Kier alpha value is -2.38. The molecule has 1 aromatic heterocycles. The molecule has 120 valence electrons. The molecule has 6 nitrogen and oxygen atoms in total. The van der Waals surface area contributed by atoms with Crippen molar-refractivity contribution in [3.63, 3.8) is 0 Å². The second-order valence-electron chi connectivity index (χ2n) is 5.37. The van der Waals surface area contributed by atoms with E-state index in [1.165, 1.54) is 4.57 Å². The van der Waals surface area contributed by atoms with E-state index in [9.17, 15) is 13.2 Å². The van der Waals surface area contributed by atoms with Gasteiger partial charge in [-0.3, -0.25) is 4.57 Å². The van der Waals surface area contributed by atoms with Gasteiger partial charge in [0.1, 0.15) is 0 Å². The van der Waals surface area contributed by atoms with Gasteiger partial charge in [-0.05, 0) is 42.3 Å². The number of benzene rings is 2. The highest BCUT2D eigenvalue weighted by Gasteiger charge is 2.14. The molecule has 2 aromatic carbocycles. The molecule has 0 fully saturated rings. The summed E-state index contributed by atoms with van der Waals surface area (Å²) in [4.78, 5) is 11.7. The van der Waals surface area contributed by atoms with Crippen LogP contribution in [0, 0.1) is 6.92 Å². The van der Waals surface area contributed by atoms with Crippen LogP contribution in [-0.4, -0.2) is 13.0 Å². The highest BCUT2D eigenvalue weighted by Crippen LogP contribution is 2.15. The summed E-state index contributed by atoms with van der Waals surface area (Å²) in [6.45, 7) is 1.97. The van der Waals surface area contributed by atoms with Crippen molar-refractivity contribution in [3.05, 3.63) is 64.1 Å². The molecule has 0 bridgehead atoms. The van der Waals surface area contributed by atoms with Gasteiger partial charge in [0.15, 0.2) is 5.58 Å². The SMILES string of the molecule is Cc1cccc(S(=O)(=O)NCc2ccc3oc(=O)n(C)c3c2)c1. The summed E-state index contributed by atoms with van der Waals surface area (Å²) in [5, 5.41) is 0. The third-order valence-electron chi connectivity index (χ3n) is 3.62. The zero-order chi connectivity index (χ0) is 16.6. The van der Waals surface area contributed by atoms with Crippen LogP contribution in [0.1, 0.15) is 11.1 Å². The molecule has 0 saturated carbocycles. The van der Waals surface area contributed by atoms with Gasteiger partial charge < -0.3 is 4.42 Å². The number of nitrogens with one attached hydrogen (secondary N) is 1. The van der Waals surface area contributed by atoms with Crippen molar-refractivity contribution in [1.29, 1.82) is 0 Å². The van der Waals surface area contributed by atoms with Gasteiger partial charge in [0, 0.05) is 13.6 Å². The molecule has 0 aliphatic heterocycles. The Bertz CT molecular complexity index is 1030. The predicted molar refractivity (Wildman–Crippen MR) is 86.7 cm³/mol. The molecule has 0 aliphatic carbocycles. The zero-order valence-electron chi connectivity index (χ0n) is 12.7. The Morgan fingerprint density at radius 2 is 1.96 bits per heavy atom. The molecule has 3 aromatic rings. The van der Waals surface area contributed by atoms with Crippen LogP contribution in [0.15, 0.2) is 56.6 Å². The zero-order valence-corrected chi connectivity index (χ0v) is 13.6. The number of oxazole rings is 1. The molecule has 0 spiro atoms. The first kappa shape index (κ1) is 15.5. The minimum absolute atomic E-state index is 0.131. The standard InChI is InChI=1S/C16H16N2O4S/c1-11-4-3-5-13(8-11)23(20,21)17-10-12-6-7-15-14(9-12)18(2)16(19)22-15/h3-9,17H,10H2,1-2H3. The first-order chi connectivity index (χ1) is 10.9. The van der Waals surface area contributed by atoms with Crippen molar-refractivity contribution in [3.8, 4) is 0 Å². The van der Waals surface area contributed by atoms with Crippen LogP contribution in [0.3, 0.4) is 0 Å². The molecule has 1 heterocycles. The van der Waals surface area contributed by atoms with Crippen LogP contribution < -0.4 is 10.5 Å². The molecule has 0 radical (unpaired) electrons. The lowest BCUT2D eigenvalue weighted by molar-refractivity contribution is 0.528. The molecule has 23 heavy (non-hydrogen) atoms. The number of aromatic nitrogens is 1. The van der Waals surface area contributed by atoms with Crippen molar-refractivity contribution in [2.45, 2.75) is 18.4 Å². The summed E-state index contributed by atoms with van der Waals surface area (Å²) in [7, 11) is -1.98. The van der Waals surface area contributed by atoms with E-state index >= 15 is 0 Å². The smallest absolute Gasteiger partial charge is 0.408 e. The normalized spacial score (nSPS) is 11.9. The lowest BCUT2D eigenvalue weighted by atomic mass is 10.2. The average molecular weight is 332 g/mol. The van der Waals surface area contributed by atoms with Gasteiger partial charge in [-0.25, -0.2) is 17.9 Å². The summed E-state index contributed by atoms with van der Waals surface area (Å²) >= 11 is 0. The maximum Gasteiger partial charge on any atom is 0.419 e. The summed E-state index contributed by atoms with van der Waals surface area (Å²) in [5.74, 6) is -0.447. The predicted octanol–water partition coefficient (Wildman–Crippen LogP) is 1.92. The van der Waals surface area contributed by atoms with E-state index in [1.807, 2.05) is 13.0 Å². The van der Waals surface area contributed by atoms with E-state index in [4.69, 9.17) is 4.42 Å². The van der Waals surface area contributed by atoms with Crippen LogP contribution in [0.2, 0.25) is 0 Å². The van der Waals surface area contributed by atoms with Gasteiger partial charge in [-0.1, -0.05) is 18.2 Å². The molecular formula is C16H16N2O4S. The molecule has 0 unspecified atom stereocenters. The number of hydrogen-bond donors (Lipinski definition) is 1. The Morgan fingerprint density at radius 3 is 2.70 bits per heavy atom. The lowest BCUT2D eigenvalue weighted by Gasteiger charge is -2.07. The van der Waals surface area contributed by atoms with Gasteiger partial charge in [-0.15, -0.1) is 0 Å². The largest absolute Gasteiger partial charge is 0.419 e. The number of fused-ring (bicyclic) bond motifs is 1. The van der Waals surface area contributed by atoms with E-state index < -0.39 is 15.8 Å². The number of hydrogen-bond acceptors (Lipinski definition) is 4. The molecule has 0 atom stereocenters. The fraction of sp³-hybridized carbons (Fsp3) is 0.188. The Labute approximate surface area is 133 Å². The number of aryl methyl sites for hydroxylation is 2. The van der Waals surface area contributed by atoms with Crippen molar-refractivity contribution in [2.75, 3.05) is 0 Å². The first-order valence-electron chi connectivity index (χ1n) is 7.01. The van der Waals surface area contributed by atoms with Crippen LogP contribution in [0.25, 0.3) is 11.1 Å². The van der Waals surface area contributed by atoms with Crippen LogP contribution in [0.4, 0.5) is 0 Å². The van der Waals surface area contributed by atoms with Crippen LogP contribution in [-0.2, 0) is 23.6 Å². The molecule has 7 heteroatoms. The van der Waals surface area contributed by atoms with Gasteiger partial charge in [0.25, 0.3) is 0 Å². The monoisotopic (exact) mass is 332 g/mol. The van der Waals surface area contributed by atoms with Gasteiger partial charge in [0.2, 0.25) is 10.0 Å². The van der Waals surface area contributed by atoms with Crippen molar-refractivity contribution in [1.82, 2.24) is 9.29 Å². The molecule has 0 aliphatic rings. The summed E-state index contributed by atoms with van der Waals surface area (Å²) in [6, 6.07) is 11.8. The molecule has 1 N–H and O–H groups in total. The highest BCUT2D eigenvalue weighted by atomic mass is 32.2. The third kappa shape index (κ3) is 3.06. The van der Waals surface area contributed by atoms with E-state index in [2.05, 4.69) is 4.72 Å². The summed E-state index contributed by atoms with van der Waals surface area (Å²) in [5.41, 5.74) is 2.72. The summed E-state index contributed by atoms with van der Waals surface area (Å²) < 4.78 is 33.6. The van der Waals surface area contributed by atoms with E-state index in [-0.39, 0.29) is 11.4 Å². The Balaban J connectivity index is 1.85. The van der Waals surface area contributed by atoms with Crippen LogP contribution in [0.5, 0.6) is 0 Å². The highest BCUT2D eigenvalue weighted by molar-refractivity contribution is 7.89. The maximum atomic E-state index is 12.3. The van der Waals surface area contributed by atoms with Gasteiger partial charge in [0.05, 0.1) is 10.4 Å². The van der Waals surface area contributed by atoms with Gasteiger partial charge in [-0.2, -0.15) is 0 Å². The minimum Gasteiger partial charge on any atom is -0.408 e. The van der Waals surface area contributed by atoms with Crippen molar-refractivity contribution < 1.29 is 12.8 Å². The van der Waals surface area contributed by atoms with Crippen LogP contribution >= 0.6 is 0 Å². The maximum absolute atomic E-state index is 12.3. The quantitative estimate of drug-likeness (QED) is 0.791. The van der Waals surface area contributed by atoms with Gasteiger partial charge >= 0.3 is 5.76 Å². The fourth-order valence-corrected chi connectivity index (χ4v) is 3.45. The molecular weight excluding hydrogens is 316 g/mol. The fourth-order valence-electron chi connectivity index (χ4n) is 2.33. The summed E-state index contributed by atoms with van der Waals surface area (Å²) in [6.07, 6.45) is 0. The average Bonchev–Trinajstić information content (AvgIpc) is 2.80. The number of sulfonamides is 1. The first-order valence-corrected chi connectivity index (χ1v) is 8.50. The van der Waals surface area contributed by atoms with Crippen molar-refractivity contribution >= 4 is 21.1 Å². The number of rotatable bonds is 4. The number of nitrogens with zero attached hydrogens (tertiary/aromatic N) is 1. The van der Waals surface area contributed by atoms with Crippen molar-refractivity contribution in [2.24, 2.45) is 7.05 Å². The second kappa shape index (κ2) is 5.68. The minimum atomic E-state index is -3.58.